The molecule has 0 aromatic rings. The fraction of sp³-hybridized carbons (Fsp3) is 0.818. The van der Waals surface area contributed by atoms with Crippen LogP contribution in [0.15, 0.2) is 0 Å². The third kappa shape index (κ3) is 2.34. The molecule has 0 aliphatic heterocycles. The van der Waals surface area contributed by atoms with Crippen LogP contribution in [0.25, 0.3) is 0 Å². The zero-order valence-corrected chi connectivity index (χ0v) is 9.25. The lowest BCUT2D eigenvalue weighted by molar-refractivity contribution is -0.145. The maximum Gasteiger partial charge on any atom is 0.232 e. The molecule has 2 amide bonds. The van der Waals surface area contributed by atoms with Gasteiger partial charge in [0.15, 0.2) is 0 Å². The van der Waals surface area contributed by atoms with E-state index in [1.54, 1.807) is 7.05 Å². The highest BCUT2D eigenvalue weighted by Gasteiger charge is 2.29. The summed E-state index contributed by atoms with van der Waals surface area (Å²) < 4.78 is 0. The summed E-state index contributed by atoms with van der Waals surface area (Å²) in [5.41, 5.74) is 0. The van der Waals surface area contributed by atoms with Crippen LogP contribution in [0.2, 0.25) is 0 Å². The second kappa shape index (κ2) is 4.58. The molecule has 0 aromatic heterocycles. The molecule has 1 aliphatic rings. The maximum atomic E-state index is 11.8. The first-order valence-electron chi connectivity index (χ1n) is 5.32. The zero-order valence-electron chi connectivity index (χ0n) is 9.25. The molecular weight excluding hydrogens is 178 g/mol. The summed E-state index contributed by atoms with van der Waals surface area (Å²) in [4.78, 5) is 24.0. The number of hydrogen-bond donors (Lipinski definition) is 0. The zero-order chi connectivity index (χ0) is 10.7. The van der Waals surface area contributed by atoms with E-state index in [1.807, 2.05) is 6.92 Å². The van der Waals surface area contributed by atoms with Crippen molar-refractivity contribution in [2.75, 3.05) is 7.05 Å². The van der Waals surface area contributed by atoms with Gasteiger partial charge in [-0.25, -0.2) is 0 Å². The molecular formula is C11H19NO2. The molecule has 0 unspecified atom stereocenters. The number of hydrogen-bond acceptors (Lipinski definition) is 2. The number of rotatable bonds is 2. The van der Waals surface area contributed by atoms with E-state index in [9.17, 15) is 9.59 Å². The van der Waals surface area contributed by atoms with Gasteiger partial charge in [0.05, 0.1) is 0 Å². The van der Waals surface area contributed by atoms with Gasteiger partial charge in [-0.2, -0.15) is 0 Å². The van der Waals surface area contributed by atoms with E-state index < -0.39 is 0 Å². The number of nitrogens with zero attached hydrogens (tertiary/aromatic N) is 1. The van der Waals surface area contributed by atoms with Gasteiger partial charge < -0.3 is 0 Å². The first-order chi connectivity index (χ1) is 6.54. The lowest BCUT2D eigenvalue weighted by Crippen LogP contribution is -2.37. The third-order valence-corrected chi connectivity index (χ3v) is 3.30. The fourth-order valence-corrected chi connectivity index (χ4v) is 2.12. The van der Waals surface area contributed by atoms with E-state index in [-0.39, 0.29) is 17.7 Å². The van der Waals surface area contributed by atoms with Crippen LogP contribution in [0.4, 0.5) is 0 Å². The second-order valence-corrected chi connectivity index (χ2v) is 4.25. The predicted molar refractivity (Wildman–Crippen MR) is 54.6 cm³/mol. The number of carbonyl (C=O) groups excluding carboxylic acids is 2. The largest absolute Gasteiger partial charge is 0.286 e. The highest BCUT2D eigenvalue weighted by Crippen LogP contribution is 2.31. The molecule has 0 heterocycles. The molecule has 1 saturated carbocycles. The average molecular weight is 197 g/mol. The lowest BCUT2D eigenvalue weighted by atomic mass is 9.91. The van der Waals surface area contributed by atoms with Gasteiger partial charge in [0.1, 0.15) is 0 Å². The molecule has 1 fully saturated rings. The summed E-state index contributed by atoms with van der Waals surface area (Å²) in [5, 5.41) is 0. The van der Waals surface area contributed by atoms with Crippen molar-refractivity contribution >= 4 is 11.8 Å². The van der Waals surface area contributed by atoms with Gasteiger partial charge >= 0.3 is 0 Å². The van der Waals surface area contributed by atoms with E-state index in [0.717, 1.165) is 12.8 Å². The van der Waals surface area contributed by atoms with Crippen LogP contribution in [-0.4, -0.2) is 23.8 Å². The van der Waals surface area contributed by atoms with Gasteiger partial charge in [0, 0.05) is 19.9 Å². The Hall–Kier alpha value is -0.860. The summed E-state index contributed by atoms with van der Waals surface area (Å²) in [7, 11) is 1.57. The Morgan fingerprint density at radius 1 is 1.29 bits per heavy atom. The highest BCUT2D eigenvalue weighted by atomic mass is 16.2. The molecule has 0 bridgehead atoms. The van der Waals surface area contributed by atoms with Crippen molar-refractivity contribution in [2.45, 2.75) is 39.5 Å². The Morgan fingerprint density at radius 3 is 2.21 bits per heavy atom. The molecule has 0 N–H and O–H groups in total. The monoisotopic (exact) mass is 197 g/mol. The fourth-order valence-electron chi connectivity index (χ4n) is 2.12. The summed E-state index contributed by atoms with van der Waals surface area (Å²) >= 11 is 0. The molecule has 3 heteroatoms. The average Bonchev–Trinajstić information content (AvgIpc) is 2.67. The number of carbonyl (C=O) groups is 2. The van der Waals surface area contributed by atoms with Gasteiger partial charge in [-0.05, 0) is 18.8 Å². The number of imide groups is 1. The van der Waals surface area contributed by atoms with Crippen LogP contribution >= 0.6 is 0 Å². The van der Waals surface area contributed by atoms with Crippen LogP contribution in [0.5, 0.6) is 0 Å². The topological polar surface area (TPSA) is 37.4 Å². The molecule has 80 valence electrons. The van der Waals surface area contributed by atoms with Crippen molar-refractivity contribution in [2.24, 2.45) is 11.8 Å². The SMILES string of the molecule is CC(=O)N(C)C(=O)[C@H](C)C1CCCC1. The van der Waals surface area contributed by atoms with Crippen molar-refractivity contribution < 1.29 is 9.59 Å². The second-order valence-electron chi connectivity index (χ2n) is 4.25. The minimum Gasteiger partial charge on any atom is -0.286 e. The number of amides is 2. The Balaban J connectivity index is 2.54. The summed E-state index contributed by atoms with van der Waals surface area (Å²) in [6, 6.07) is 0. The Kier molecular flexibility index (Phi) is 3.67. The third-order valence-electron chi connectivity index (χ3n) is 3.30. The lowest BCUT2D eigenvalue weighted by Gasteiger charge is -2.22. The van der Waals surface area contributed by atoms with Gasteiger partial charge in [0.25, 0.3) is 0 Å². The van der Waals surface area contributed by atoms with Crippen molar-refractivity contribution in [3.63, 3.8) is 0 Å². The van der Waals surface area contributed by atoms with Crippen LogP contribution in [-0.2, 0) is 9.59 Å². The van der Waals surface area contributed by atoms with Crippen molar-refractivity contribution in [3.8, 4) is 0 Å². The maximum absolute atomic E-state index is 11.8. The van der Waals surface area contributed by atoms with E-state index in [1.165, 1.54) is 24.7 Å². The molecule has 14 heavy (non-hydrogen) atoms. The minimum atomic E-state index is -0.167. The minimum absolute atomic E-state index is 0.00593. The van der Waals surface area contributed by atoms with Crippen molar-refractivity contribution in [1.82, 2.24) is 4.90 Å². The molecule has 1 aliphatic carbocycles. The van der Waals surface area contributed by atoms with Crippen LogP contribution in [0.1, 0.15) is 39.5 Å². The van der Waals surface area contributed by atoms with Crippen molar-refractivity contribution in [3.05, 3.63) is 0 Å². The quantitative estimate of drug-likeness (QED) is 0.677. The Morgan fingerprint density at radius 2 is 1.79 bits per heavy atom. The van der Waals surface area contributed by atoms with Gasteiger partial charge in [-0.3, -0.25) is 14.5 Å². The van der Waals surface area contributed by atoms with Gasteiger partial charge in [-0.15, -0.1) is 0 Å². The van der Waals surface area contributed by atoms with E-state index in [4.69, 9.17) is 0 Å². The molecule has 1 rings (SSSR count). The van der Waals surface area contributed by atoms with Crippen LogP contribution in [0.3, 0.4) is 0 Å². The Labute approximate surface area is 85.5 Å². The molecule has 1 atom stereocenters. The first-order valence-corrected chi connectivity index (χ1v) is 5.32. The molecule has 0 aromatic carbocycles. The standard InChI is InChI=1S/C11H19NO2/c1-8(10-6-4-5-7-10)11(14)12(3)9(2)13/h8,10H,4-7H2,1-3H3/t8-/m1/s1. The van der Waals surface area contributed by atoms with E-state index in [0.29, 0.717) is 5.92 Å². The predicted octanol–water partition coefficient (Wildman–Crippen LogP) is 1.82. The molecule has 0 saturated heterocycles. The summed E-state index contributed by atoms with van der Waals surface area (Å²) in [5.74, 6) is 0.306. The van der Waals surface area contributed by atoms with E-state index >= 15 is 0 Å². The van der Waals surface area contributed by atoms with Crippen LogP contribution in [0, 0.1) is 11.8 Å². The van der Waals surface area contributed by atoms with Gasteiger partial charge in [0.2, 0.25) is 11.8 Å². The Bertz CT molecular complexity index is 231. The van der Waals surface area contributed by atoms with Crippen molar-refractivity contribution in [1.29, 1.82) is 0 Å². The molecule has 0 radical (unpaired) electrons. The molecule has 3 nitrogen and oxygen atoms in total. The molecule has 0 spiro atoms. The summed E-state index contributed by atoms with van der Waals surface area (Å²) in [6.07, 6.45) is 4.73. The highest BCUT2D eigenvalue weighted by molar-refractivity contribution is 5.94. The first kappa shape index (κ1) is 11.2. The van der Waals surface area contributed by atoms with E-state index in [2.05, 4.69) is 0 Å². The normalized spacial score (nSPS) is 19.4. The smallest absolute Gasteiger partial charge is 0.232 e. The summed E-state index contributed by atoms with van der Waals surface area (Å²) in [6.45, 7) is 3.37. The van der Waals surface area contributed by atoms with Crippen LogP contribution < -0.4 is 0 Å². The van der Waals surface area contributed by atoms with Gasteiger partial charge in [-0.1, -0.05) is 19.8 Å².